The summed E-state index contributed by atoms with van der Waals surface area (Å²) >= 11 is 1.56. The molecule has 0 aliphatic heterocycles. The van der Waals surface area contributed by atoms with Crippen LogP contribution in [0.25, 0.3) is 0 Å². The van der Waals surface area contributed by atoms with Crippen molar-refractivity contribution in [3.63, 3.8) is 0 Å². The average Bonchev–Trinajstić information content (AvgIpc) is 2.73. The van der Waals surface area contributed by atoms with Gasteiger partial charge in [-0.1, -0.05) is 19.8 Å². The van der Waals surface area contributed by atoms with Gasteiger partial charge in [0.05, 0.1) is 17.0 Å². The number of rotatable bonds is 3. The fourth-order valence-electron chi connectivity index (χ4n) is 2.50. The van der Waals surface area contributed by atoms with Crippen molar-refractivity contribution in [2.75, 3.05) is 0 Å². The molecule has 1 aliphatic carbocycles. The van der Waals surface area contributed by atoms with Gasteiger partial charge in [0.15, 0.2) is 0 Å². The Morgan fingerprint density at radius 2 is 2.22 bits per heavy atom. The number of aliphatic hydroxyl groups is 1. The zero-order chi connectivity index (χ0) is 13.1. The Morgan fingerprint density at radius 3 is 2.83 bits per heavy atom. The third-order valence-electron chi connectivity index (χ3n) is 3.61. The number of nitrogens with one attached hydrogen (secondary N) is 1. The predicted molar refractivity (Wildman–Crippen MR) is 74.2 cm³/mol. The summed E-state index contributed by atoms with van der Waals surface area (Å²) in [5.41, 5.74) is 1.19. The van der Waals surface area contributed by atoms with Gasteiger partial charge in [0, 0.05) is 4.88 Å². The molecule has 0 unspecified atom stereocenters. The fourth-order valence-corrected chi connectivity index (χ4v) is 3.52. The second-order valence-electron chi connectivity index (χ2n) is 5.00. The molecule has 0 saturated heterocycles. The van der Waals surface area contributed by atoms with Gasteiger partial charge < -0.3 is 10.4 Å². The Kier molecular flexibility index (Phi) is 4.40. The highest BCUT2D eigenvalue weighted by atomic mass is 32.1. The molecule has 0 bridgehead atoms. The molecule has 0 spiro atoms. The molecule has 1 heterocycles. The van der Waals surface area contributed by atoms with E-state index < -0.39 is 0 Å². The van der Waals surface area contributed by atoms with Gasteiger partial charge in [-0.25, -0.2) is 0 Å². The molecule has 1 amide bonds. The Labute approximate surface area is 112 Å². The second-order valence-corrected chi connectivity index (χ2v) is 6.14. The van der Waals surface area contributed by atoms with Crippen LogP contribution < -0.4 is 5.32 Å². The van der Waals surface area contributed by atoms with Crippen molar-refractivity contribution < 1.29 is 9.90 Å². The molecular weight excluding hydrogens is 246 g/mol. The summed E-state index contributed by atoms with van der Waals surface area (Å²) in [4.78, 5) is 14.2. The monoisotopic (exact) mass is 267 g/mol. The number of aliphatic hydroxyl groups excluding tert-OH is 1. The second kappa shape index (κ2) is 5.85. The van der Waals surface area contributed by atoms with Crippen molar-refractivity contribution in [2.24, 2.45) is 0 Å². The first-order chi connectivity index (χ1) is 8.61. The van der Waals surface area contributed by atoms with E-state index in [0.717, 1.165) is 37.0 Å². The minimum atomic E-state index is -0.380. The standard InChI is InChI=1S/C14H21NO2S/c1-3-12-9(2)8-13(18-12)14(17)15-10-6-4-5-7-11(10)16/h8,10-11,16H,3-7H2,1-2H3,(H,15,17)/t10-,11-/m0/s1. The fraction of sp³-hybridized carbons (Fsp3) is 0.643. The number of hydrogen-bond donors (Lipinski definition) is 2. The summed E-state index contributed by atoms with van der Waals surface area (Å²) in [6.45, 7) is 4.15. The topological polar surface area (TPSA) is 49.3 Å². The number of carbonyl (C=O) groups excluding carboxylic acids is 1. The number of thiophene rings is 1. The Balaban J connectivity index is 2.02. The molecule has 1 aromatic heterocycles. The Hall–Kier alpha value is -0.870. The van der Waals surface area contributed by atoms with E-state index in [1.807, 2.05) is 13.0 Å². The van der Waals surface area contributed by atoms with Gasteiger partial charge in [-0.05, 0) is 37.8 Å². The van der Waals surface area contributed by atoms with Crippen molar-refractivity contribution in [3.05, 3.63) is 21.4 Å². The molecule has 3 nitrogen and oxygen atoms in total. The zero-order valence-electron chi connectivity index (χ0n) is 11.0. The number of carbonyl (C=O) groups is 1. The highest BCUT2D eigenvalue weighted by molar-refractivity contribution is 7.14. The lowest BCUT2D eigenvalue weighted by molar-refractivity contribution is 0.0720. The summed E-state index contributed by atoms with van der Waals surface area (Å²) in [6.07, 6.45) is 4.43. The van der Waals surface area contributed by atoms with E-state index in [4.69, 9.17) is 0 Å². The van der Waals surface area contributed by atoms with E-state index in [9.17, 15) is 9.90 Å². The average molecular weight is 267 g/mol. The summed E-state index contributed by atoms with van der Waals surface area (Å²) in [6, 6.07) is 1.88. The van der Waals surface area contributed by atoms with Crippen LogP contribution in [0.1, 0.15) is 52.7 Å². The van der Waals surface area contributed by atoms with Gasteiger partial charge in [0.1, 0.15) is 0 Å². The highest BCUT2D eigenvalue weighted by Gasteiger charge is 2.25. The Bertz CT molecular complexity index is 427. The molecule has 2 atom stereocenters. The van der Waals surface area contributed by atoms with Gasteiger partial charge in [-0.2, -0.15) is 0 Å². The van der Waals surface area contributed by atoms with Crippen LogP contribution in [0, 0.1) is 6.92 Å². The molecule has 2 N–H and O–H groups in total. The smallest absolute Gasteiger partial charge is 0.261 e. The van der Waals surface area contributed by atoms with E-state index in [0.29, 0.717) is 0 Å². The molecule has 100 valence electrons. The third kappa shape index (κ3) is 2.93. The van der Waals surface area contributed by atoms with Gasteiger partial charge >= 0.3 is 0 Å². The molecule has 0 aromatic carbocycles. The minimum Gasteiger partial charge on any atom is -0.391 e. The van der Waals surface area contributed by atoms with E-state index in [-0.39, 0.29) is 18.1 Å². The Morgan fingerprint density at radius 1 is 1.50 bits per heavy atom. The minimum absolute atomic E-state index is 0.0336. The lowest BCUT2D eigenvalue weighted by atomic mass is 9.92. The quantitative estimate of drug-likeness (QED) is 0.884. The number of amides is 1. The van der Waals surface area contributed by atoms with Gasteiger partial charge in [0.25, 0.3) is 5.91 Å². The first-order valence-electron chi connectivity index (χ1n) is 6.70. The zero-order valence-corrected chi connectivity index (χ0v) is 11.8. The predicted octanol–water partition coefficient (Wildman–Crippen LogP) is 2.65. The van der Waals surface area contributed by atoms with Crippen LogP contribution in [0.15, 0.2) is 6.07 Å². The molecule has 18 heavy (non-hydrogen) atoms. The summed E-state index contributed by atoms with van der Waals surface area (Å²) in [5, 5.41) is 12.8. The van der Waals surface area contributed by atoms with Gasteiger partial charge in [-0.3, -0.25) is 4.79 Å². The maximum Gasteiger partial charge on any atom is 0.261 e. The van der Waals surface area contributed by atoms with Crippen LogP contribution >= 0.6 is 11.3 Å². The van der Waals surface area contributed by atoms with Crippen LogP contribution in [-0.4, -0.2) is 23.2 Å². The van der Waals surface area contributed by atoms with E-state index in [1.165, 1.54) is 10.4 Å². The third-order valence-corrected chi connectivity index (χ3v) is 4.99. The van der Waals surface area contributed by atoms with Crippen LogP contribution in [0.5, 0.6) is 0 Å². The van der Waals surface area contributed by atoms with Crippen LogP contribution in [0.4, 0.5) is 0 Å². The van der Waals surface area contributed by atoms with E-state index in [1.54, 1.807) is 11.3 Å². The molecule has 1 aliphatic rings. The highest BCUT2D eigenvalue weighted by Crippen LogP contribution is 2.23. The van der Waals surface area contributed by atoms with Crippen LogP contribution in [0.3, 0.4) is 0 Å². The molecule has 4 heteroatoms. The molecule has 1 aromatic rings. The molecule has 1 fully saturated rings. The molecule has 1 saturated carbocycles. The maximum absolute atomic E-state index is 12.1. The van der Waals surface area contributed by atoms with Crippen molar-refractivity contribution >= 4 is 17.2 Å². The molecule has 0 radical (unpaired) electrons. The van der Waals surface area contributed by atoms with Gasteiger partial charge in [-0.15, -0.1) is 11.3 Å². The van der Waals surface area contributed by atoms with Crippen molar-refractivity contribution in [1.29, 1.82) is 0 Å². The normalized spacial score (nSPS) is 23.9. The van der Waals surface area contributed by atoms with Gasteiger partial charge in [0.2, 0.25) is 0 Å². The maximum atomic E-state index is 12.1. The molecule has 2 rings (SSSR count). The summed E-state index contributed by atoms with van der Waals surface area (Å²) in [5.74, 6) is -0.0336. The lowest BCUT2D eigenvalue weighted by Crippen LogP contribution is -2.44. The van der Waals surface area contributed by atoms with Crippen LogP contribution in [0.2, 0.25) is 0 Å². The van der Waals surface area contributed by atoms with Crippen molar-refractivity contribution in [3.8, 4) is 0 Å². The van der Waals surface area contributed by atoms with Crippen molar-refractivity contribution in [2.45, 2.75) is 58.1 Å². The first kappa shape index (κ1) is 13.6. The largest absolute Gasteiger partial charge is 0.391 e. The lowest BCUT2D eigenvalue weighted by Gasteiger charge is -2.28. The first-order valence-corrected chi connectivity index (χ1v) is 7.51. The van der Waals surface area contributed by atoms with Crippen LogP contribution in [-0.2, 0) is 6.42 Å². The van der Waals surface area contributed by atoms with E-state index >= 15 is 0 Å². The number of aryl methyl sites for hydroxylation is 2. The van der Waals surface area contributed by atoms with E-state index in [2.05, 4.69) is 12.2 Å². The molecular formula is C14H21NO2S. The number of hydrogen-bond acceptors (Lipinski definition) is 3. The SMILES string of the molecule is CCc1sc(C(=O)N[C@H]2CCCC[C@@H]2O)cc1C. The van der Waals surface area contributed by atoms with Crippen molar-refractivity contribution in [1.82, 2.24) is 5.32 Å². The summed E-state index contributed by atoms with van der Waals surface area (Å²) in [7, 11) is 0. The summed E-state index contributed by atoms with van der Waals surface area (Å²) < 4.78 is 0.